The van der Waals surface area contributed by atoms with Crippen molar-refractivity contribution in [2.75, 3.05) is 39.5 Å². The van der Waals surface area contributed by atoms with Crippen LogP contribution in [0.4, 0.5) is 0 Å². The number of benzene rings is 1. The van der Waals surface area contributed by atoms with Gasteiger partial charge in [-0.3, -0.25) is 0 Å². The maximum Gasteiger partial charge on any atom is 0.179 e. The predicted octanol–water partition coefficient (Wildman–Crippen LogP) is 0.555. The summed E-state index contributed by atoms with van der Waals surface area (Å²) < 4.78 is 24.7. The van der Waals surface area contributed by atoms with E-state index in [9.17, 15) is 8.42 Å². The van der Waals surface area contributed by atoms with E-state index < -0.39 is 9.84 Å². The molecule has 6 heteroatoms. The first kappa shape index (κ1) is 16.4. The Morgan fingerprint density at radius 2 is 1.95 bits per heavy atom. The number of likely N-dealkylation sites (N-methyl/N-ethyl adjacent to an activating group) is 1. The Morgan fingerprint density at radius 1 is 1.29 bits per heavy atom. The quantitative estimate of drug-likeness (QED) is 0.831. The average molecular weight is 311 g/mol. The maximum atomic E-state index is 12.3. The van der Waals surface area contributed by atoms with E-state index in [0.29, 0.717) is 24.0 Å². The summed E-state index contributed by atoms with van der Waals surface area (Å²) in [5.74, 6) is 0.176. The lowest BCUT2D eigenvalue weighted by Crippen LogP contribution is -2.33. The lowest BCUT2D eigenvalue weighted by Gasteiger charge is -2.20. The van der Waals surface area contributed by atoms with Crippen LogP contribution in [-0.2, 0) is 16.4 Å². The summed E-state index contributed by atoms with van der Waals surface area (Å²) in [6, 6.07) is 7.42. The Kier molecular flexibility index (Phi) is 5.37. The van der Waals surface area contributed by atoms with Crippen LogP contribution < -0.4 is 5.73 Å². The second-order valence-corrected chi connectivity index (χ2v) is 7.98. The summed E-state index contributed by atoms with van der Waals surface area (Å²) >= 11 is 0. The molecular weight excluding hydrogens is 286 g/mol. The van der Waals surface area contributed by atoms with Gasteiger partial charge in [0.15, 0.2) is 9.84 Å². The topological polar surface area (TPSA) is 66.6 Å². The molecule has 2 rings (SSSR count). The highest BCUT2D eigenvalue weighted by Crippen LogP contribution is 2.16. The van der Waals surface area contributed by atoms with Gasteiger partial charge < -0.3 is 15.5 Å². The highest BCUT2D eigenvalue weighted by atomic mass is 32.2. The van der Waals surface area contributed by atoms with Gasteiger partial charge in [0.25, 0.3) is 0 Å². The summed E-state index contributed by atoms with van der Waals surface area (Å²) in [5, 5.41) is 0. The Bertz CT molecular complexity index is 555. The molecule has 0 amide bonds. The van der Waals surface area contributed by atoms with Gasteiger partial charge in [-0.15, -0.1) is 0 Å². The molecule has 2 N–H and O–H groups in total. The molecule has 0 spiro atoms. The van der Waals surface area contributed by atoms with E-state index in [0.717, 1.165) is 25.1 Å². The van der Waals surface area contributed by atoms with Gasteiger partial charge >= 0.3 is 0 Å². The summed E-state index contributed by atoms with van der Waals surface area (Å²) in [4.78, 5) is 4.83. The largest absolute Gasteiger partial charge is 0.326 e. The first-order valence-electron chi connectivity index (χ1n) is 7.33. The molecule has 0 aliphatic carbocycles. The van der Waals surface area contributed by atoms with E-state index in [1.54, 1.807) is 24.3 Å². The molecule has 0 bridgehead atoms. The SMILES string of the molecule is CN(C)C1CCN(CCS(=O)(=O)c2ccc(CN)cc2)C1. The average Bonchev–Trinajstić information content (AvgIpc) is 2.94. The number of sulfone groups is 1. The van der Waals surface area contributed by atoms with Crippen LogP contribution >= 0.6 is 0 Å². The number of rotatable bonds is 6. The molecule has 0 aromatic heterocycles. The first-order chi connectivity index (χ1) is 9.92. The van der Waals surface area contributed by atoms with Crippen molar-refractivity contribution in [1.29, 1.82) is 0 Å². The molecule has 1 atom stereocenters. The van der Waals surface area contributed by atoms with Gasteiger partial charge in [-0.2, -0.15) is 0 Å². The number of nitrogens with two attached hydrogens (primary N) is 1. The zero-order chi connectivity index (χ0) is 15.5. The van der Waals surface area contributed by atoms with Crippen molar-refractivity contribution in [2.24, 2.45) is 5.73 Å². The van der Waals surface area contributed by atoms with Crippen LogP contribution in [0.1, 0.15) is 12.0 Å². The van der Waals surface area contributed by atoms with Crippen molar-refractivity contribution in [1.82, 2.24) is 9.80 Å². The van der Waals surface area contributed by atoms with E-state index in [1.807, 2.05) is 0 Å². The van der Waals surface area contributed by atoms with Crippen LogP contribution in [0.25, 0.3) is 0 Å². The van der Waals surface area contributed by atoms with Gasteiger partial charge in [-0.05, 0) is 44.8 Å². The molecule has 5 nitrogen and oxygen atoms in total. The molecular formula is C15H25N3O2S. The lowest BCUT2D eigenvalue weighted by molar-refractivity contribution is 0.275. The molecule has 1 unspecified atom stereocenters. The van der Waals surface area contributed by atoms with Gasteiger partial charge in [0.1, 0.15) is 0 Å². The third-order valence-corrected chi connectivity index (χ3v) is 5.88. The molecule has 0 radical (unpaired) electrons. The fraction of sp³-hybridized carbons (Fsp3) is 0.600. The van der Waals surface area contributed by atoms with Crippen molar-refractivity contribution in [2.45, 2.75) is 23.9 Å². The molecule has 1 aliphatic rings. The summed E-state index contributed by atoms with van der Waals surface area (Å²) in [5.41, 5.74) is 6.47. The van der Waals surface area contributed by atoms with Gasteiger partial charge in [-0.1, -0.05) is 12.1 Å². The second kappa shape index (κ2) is 6.87. The third kappa shape index (κ3) is 4.26. The molecule has 1 heterocycles. The first-order valence-corrected chi connectivity index (χ1v) is 8.98. The standard InChI is InChI=1S/C15H25N3O2S/c1-17(2)14-7-8-18(12-14)9-10-21(19,20)15-5-3-13(11-16)4-6-15/h3-6,14H,7-12,16H2,1-2H3. The van der Waals surface area contributed by atoms with Gasteiger partial charge in [0.05, 0.1) is 10.6 Å². The highest BCUT2D eigenvalue weighted by Gasteiger charge is 2.25. The number of hydrogen-bond donors (Lipinski definition) is 1. The Hall–Kier alpha value is -0.950. The van der Waals surface area contributed by atoms with Crippen LogP contribution in [-0.4, -0.2) is 63.7 Å². The minimum absolute atomic E-state index is 0.176. The molecule has 1 aromatic rings. The number of likely N-dealkylation sites (tertiary alicyclic amines) is 1. The minimum Gasteiger partial charge on any atom is -0.326 e. The van der Waals surface area contributed by atoms with E-state index in [4.69, 9.17) is 5.73 Å². The fourth-order valence-corrected chi connectivity index (χ4v) is 3.92. The molecule has 1 saturated heterocycles. The van der Waals surface area contributed by atoms with Crippen molar-refractivity contribution in [3.8, 4) is 0 Å². The number of hydrogen-bond acceptors (Lipinski definition) is 5. The lowest BCUT2D eigenvalue weighted by atomic mass is 10.2. The normalized spacial score (nSPS) is 20.3. The van der Waals surface area contributed by atoms with Crippen LogP contribution in [0, 0.1) is 0 Å². The number of nitrogens with zero attached hydrogens (tertiary/aromatic N) is 2. The van der Waals surface area contributed by atoms with E-state index in [-0.39, 0.29) is 5.75 Å². The van der Waals surface area contributed by atoms with Crippen LogP contribution in [0.15, 0.2) is 29.2 Å². The van der Waals surface area contributed by atoms with Gasteiger partial charge in [-0.25, -0.2) is 8.42 Å². The zero-order valence-electron chi connectivity index (χ0n) is 12.8. The molecule has 118 valence electrons. The summed E-state index contributed by atoms with van der Waals surface area (Å²) in [7, 11) is 0.940. The summed E-state index contributed by atoms with van der Waals surface area (Å²) in [6.07, 6.45) is 1.11. The molecule has 1 aliphatic heterocycles. The summed E-state index contributed by atoms with van der Waals surface area (Å²) in [6.45, 7) is 2.96. The monoisotopic (exact) mass is 311 g/mol. The Labute approximate surface area is 127 Å². The fourth-order valence-electron chi connectivity index (χ4n) is 2.64. The van der Waals surface area contributed by atoms with E-state index in [2.05, 4.69) is 23.9 Å². The predicted molar refractivity (Wildman–Crippen MR) is 84.9 cm³/mol. The third-order valence-electron chi connectivity index (χ3n) is 4.17. The Morgan fingerprint density at radius 3 is 2.48 bits per heavy atom. The second-order valence-electron chi connectivity index (χ2n) is 5.87. The van der Waals surface area contributed by atoms with Crippen molar-refractivity contribution < 1.29 is 8.42 Å². The molecule has 0 saturated carbocycles. The van der Waals surface area contributed by atoms with Gasteiger partial charge in [0.2, 0.25) is 0 Å². The van der Waals surface area contributed by atoms with Crippen molar-refractivity contribution in [3.05, 3.63) is 29.8 Å². The molecule has 1 fully saturated rings. The van der Waals surface area contributed by atoms with Crippen LogP contribution in [0.3, 0.4) is 0 Å². The van der Waals surface area contributed by atoms with Crippen LogP contribution in [0.5, 0.6) is 0 Å². The smallest absolute Gasteiger partial charge is 0.179 e. The maximum absolute atomic E-state index is 12.3. The molecule has 21 heavy (non-hydrogen) atoms. The van der Waals surface area contributed by atoms with Crippen LogP contribution in [0.2, 0.25) is 0 Å². The van der Waals surface area contributed by atoms with Gasteiger partial charge in [0, 0.05) is 25.7 Å². The molecule has 1 aromatic carbocycles. The minimum atomic E-state index is -3.21. The van der Waals surface area contributed by atoms with Crippen molar-refractivity contribution in [3.63, 3.8) is 0 Å². The zero-order valence-corrected chi connectivity index (χ0v) is 13.6. The Balaban J connectivity index is 1.92. The van der Waals surface area contributed by atoms with E-state index in [1.165, 1.54) is 0 Å². The van der Waals surface area contributed by atoms with E-state index >= 15 is 0 Å². The highest BCUT2D eigenvalue weighted by molar-refractivity contribution is 7.91. The van der Waals surface area contributed by atoms with Crippen molar-refractivity contribution >= 4 is 9.84 Å².